The van der Waals surface area contributed by atoms with Gasteiger partial charge in [-0.25, -0.2) is 14.4 Å². The van der Waals surface area contributed by atoms with Gasteiger partial charge in [0.25, 0.3) is 5.91 Å². The van der Waals surface area contributed by atoms with Crippen molar-refractivity contribution in [2.75, 3.05) is 18.5 Å². The highest BCUT2D eigenvalue weighted by molar-refractivity contribution is 5.99. The lowest BCUT2D eigenvalue weighted by atomic mass is 9.94. The molecule has 0 radical (unpaired) electrons. The molecule has 1 aromatic carbocycles. The molecular weight excluding hydrogens is 379 g/mol. The molecule has 0 spiro atoms. The number of halogens is 1. The zero-order chi connectivity index (χ0) is 21.1. The molecule has 2 aromatic rings. The second-order valence-corrected chi connectivity index (χ2v) is 8.68. The number of anilines is 1. The molecule has 30 heavy (non-hydrogen) atoms. The lowest BCUT2D eigenvalue weighted by Crippen LogP contribution is -2.42. The van der Waals surface area contributed by atoms with Crippen molar-refractivity contribution in [2.24, 2.45) is 0 Å². The Kier molecular flexibility index (Phi) is 6.30. The van der Waals surface area contributed by atoms with E-state index in [9.17, 15) is 9.18 Å². The summed E-state index contributed by atoms with van der Waals surface area (Å²) in [7, 11) is 1.91. The summed E-state index contributed by atoms with van der Waals surface area (Å²) in [5.41, 5.74) is 1.32. The first-order valence-electron chi connectivity index (χ1n) is 11.2. The predicted octanol–water partition coefficient (Wildman–Crippen LogP) is 5.07. The minimum absolute atomic E-state index is 0.000305. The number of carbonyl (C=O) groups is 1. The van der Waals surface area contributed by atoms with Crippen LogP contribution in [0.4, 0.5) is 10.2 Å². The van der Waals surface area contributed by atoms with Gasteiger partial charge in [0.1, 0.15) is 17.2 Å². The van der Waals surface area contributed by atoms with Crippen LogP contribution in [0, 0.1) is 5.82 Å². The number of benzene rings is 1. The molecule has 6 heteroatoms. The van der Waals surface area contributed by atoms with Crippen molar-refractivity contribution in [1.29, 1.82) is 0 Å². The Bertz CT molecular complexity index is 879. The zero-order valence-corrected chi connectivity index (χ0v) is 18.0. The summed E-state index contributed by atoms with van der Waals surface area (Å²) in [4.78, 5) is 27.0. The van der Waals surface area contributed by atoms with E-state index in [0.29, 0.717) is 23.2 Å². The summed E-state index contributed by atoms with van der Waals surface area (Å²) in [6.45, 7) is 3.08. The molecule has 1 aliphatic carbocycles. The van der Waals surface area contributed by atoms with Crippen molar-refractivity contribution in [2.45, 2.75) is 70.4 Å². The third-order valence-electron chi connectivity index (χ3n) is 6.62. The molecular formula is C24H31FN4O. The SMILES string of the molecule is C[C@@H]1CCCCN1c1nc(-c2ccc(F)cc2)ncc1C(=O)N(C)C1CCCCC1. The second kappa shape index (κ2) is 9.11. The van der Waals surface area contributed by atoms with Gasteiger partial charge < -0.3 is 9.80 Å². The summed E-state index contributed by atoms with van der Waals surface area (Å²) < 4.78 is 13.4. The monoisotopic (exact) mass is 410 g/mol. The van der Waals surface area contributed by atoms with E-state index in [2.05, 4.69) is 16.8 Å². The topological polar surface area (TPSA) is 49.3 Å². The fourth-order valence-corrected chi connectivity index (χ4v) is 4.72. The molecule has 0 N–H and O–H groups in total. The largest absolute Gasteiger partial charge is 0.353 e. The van der Waals surface area contributed by atoms with Gasteiger partial charge in [-0.3, -0.25) is 4.79 Å². The Labute approximate surface area is 178 Å². The summed E-state index contributed by atoms with van der Waals surface area (Å²) in [6.07, 6.45) is 10.8. The zero-order valence-electron chi connectivity index (χ0n) is 18.0. The summed E-state index contributed by atoms with van der Waals surface area (Å²) in [5, 5.41) is 0. The molecule has 1 atom stereocenters. The van der Waals surface area contributed by atoms with Crippen molar-refractivity contribution in [3.63, 3.8) is 0 Å². The van der Waals surface area contributed by atoms with Gasteiger partial charge in [-0.2, -0.15) is 0 Å². The lowest BCUT2D eigenvalue weighted by Gasteiger charge is -2.37. The Morgan fingerprint density at radius 2 is 1.77 bits per heavy atom. The molecule has 1 aromatic heterocycles. The van der Waals surface area contributed by atoms with Crippen LogP contribution < -0.4 is 4.90 Å². The lowest BCUT2D eigenvalue weighted by molar-refractivity contribution is 0.0696. The van der Waals surface area contributed by atoms with Crippen LogP contribution in [0.25, 0.3) is 11.4 Å². The Balaban J connectivity index is 1.71. The van der Waals surface area contributed by atoms with Crippen LogP contribution in [0.3, 0.4) is 0 Å². The van der Waals surface area contributed by atoms with Gasteiger partial charge >= 0.3 is 0 Å². The highest BCUT2D eigenvalue weighted by atomic mass is 19.1. The molecule has 4 rings (SSSR count). The molecule has 1 saturated heterocycles. The van der Waals surface area contributed by atoms with Crippen LogP contribution in [0.15, 0.2) is 30.5 Å². The number of piperidine rings is 1. The Hall–Kier alpha value is -2.50. The van der Waals surface area contributed by atoms with E-state index in [-0.39, 0.29) is 17.8 Å². The number of rotatable bonds is 4. The second-order valence-electron chi connectivity index (χ2n) is 8.68. The average Bonchev–Trinajstić information content (AvgIpc) is 2.79. The van der Waals surface area contributed by atoms with E-state index in [1.165, 1.54) is 37.8 Å². The third-order valence-corrected chi connectivity index (χ3v) is 6.62. The molecule has 1 aliphatic heterocycles. The highest BCUT2D eigenvalue weighted by Crippen LogP contribution is 2.30. The summed E-state index contributed by atoms with van der Waals surface area (Å²) in [5.74, 6) is 0.952. The predicted molar refractivity (Wildman–Crippen MR) is 117 cm³/mol. The van der Waals surface area contributed by atoms with Crippen molar-refractivity contribution >= 4 is 11.7 Å². The highest BCUT2D eigenvalue weighted by Gasteiger charge is 2.30. The Morgan fingerprint density at radius 1 is 1.07 bits per heavy atom. The van der Waals surface area contributed by atoms with Crippen molar-refractivity contribution in [1.82, 2.24) is 14.9 Å². The van der Waals surface area contributed by atoms with E-state index in [0.717, 1.165) is 37.8 Å². The fraction of sp³-hybridized carbons (Fsp3) is 0.542. The van der Waals surface area contributed by atoms with E-state index in [4.69, 9.17) is 4.98 Å². The molecule has 1 amide bonds. The standard InChI is InChI=1S/C24H31FN4O/c1-17-8-6-7-15-29(17)23-21(24(30)28(2)20-9-4-3-5-10-20)16-26-22(27-23)18-11-13-19(25)14-12-18/h11-14,16-17,20H,3-10,15H2,1-2H3/t17-/m1/s1. The average molecular weight is 411 g/mol. The molecule has 5 nitrogen and oxygen atoms in total. The van der Waals surface area contributed by atoms with Crippen LogP contribution >= 0.6 is 0 Å². The molecule has 0 bridgehead atoms. The van der Waals surface area contributed by atoms with Gasteiger partial charge in [-0.05, 0) is 63.3 Å². The van der Waals surface area contributed by atoms with Crippen LogP contribution in [0.2, 0.25) is 0 Å². The summed E-state index contributed by atoms with van der Waals surface area (Å²) >= 11 is 0. The number of hydrogen-bond acceptors (Lipinski definition) is 4. The number of aromatic nitrogens is 2. The van der Waals surface area contributed by atoms with Gasteiger partial charge in [-0.1, -0.05) is 19.3 Å². The van der Waals surface area contributed by atoms with Gasteiger partial charge in [-0.15, -0.1) is 0 Å². The first kappa shape index (κ1) is 20.8. The first-order valence-corrected chi connectivity index (χ1v) is 11.2. The molecule has 2 heterocycles. The number of hydrogen-bond donors (Lipinski definition) is 0. The maximum Gasteiger partial charge on any atom is 0.259 e. The molecule has 2 fully saturated rings. The van der Waals surface area contributed by atoms with Crippen LogP contribution in [-0.2, 0) is 0 Å². The van der Waals surface area contributed by atoms with Gasteiger partial charge in [0.05, 0.1) is 0 Å². The van der Waals surface area contributed by atoms with E-state index < -0.39 is 0 Å². The third kappa shape index (κ3) is 4.32. The number of carbonyl (C=O) groups excluding carboxylic acids is 1. The first-order chi connectivity index (χ1) is 14.5. The van der Waals surface area contributed by atoms with Crippen LogP contribution in [0.1, 0.15) is 68.6 Å². The van der Waals surface area contributed by atoms with Gasteiger partial charge in [0.2, 0.25) is 0 Å². The van der Waals surface area contributed by atoms with E-state index in [1.807, 2.05) is 11.9 Å². The van der Waals surface area contributed by atoms with E-state index in [1.54, 1.807) is 18.3 Å². The Morgan fingerprint density at radius 3 is 2.47 bits per heavy atom. The van der Waals surface area contributed by atoms with Crippen molar-refractivity contribution < 1.29 is 9.18 Å². The van der Waals surface area contributed by atoms with Gasteiger partial charge in [0, 0.05) is 37.4 Å². The smallest absolute Gasteiger partial charge is 0.259 e. The minimum Gasteiger partial charge on any atom is -0.353 e. The normalized spacial score (nSPS) is 20.2. The van der Waals surface area contributed by atoms with E-state index >= 15 is 0 Å². The van der Waals surface area contributed by atoms with Crippen molar-refractivity contribution in [3.8, 4) is 11.4 Å². The van der Waals surface area contributed by atoms with Crippen LogP contribution in [0.5, 0.6) is 0 Å². The molecule has 0 unspecified atom stereocenters. The van der Waals surface area contributed by atoms with Crippen molar-refractivity contribution in [3.05, 3.63) is 41.8 Å². The maximum absolute atomic E-state index is 13.5. The molecule has 160 valence electrons. The quantitative estimate of drug-likeness (QED) is 0.706. The molecule has 1 saturated carbocycles. The van der Waals surface area contributed by atoms with Crippen LogP contribution in [-0.4, -0.2) is 46.5 Å². The maximum atomic E-state index is 13.5. The van der Waals surface area contributed by atoms with Gasteiger partial charge in [0.15, 0.2) is 5.82 Å². The molecule has 2 aliphatic rings. The summed E-state index contributed by atoms with van der Waals surface area (Å²) in [6, 6.07) is 6.80. The fourth-order valence-electron chi connectivity index (χ4n) is 4.72. The number of nitrogens with zero attached hydrogens (tertiary/aromatic N) is 4. The minimum atomic E-state index is -0.287. The number of amides is 1.